The maximum Gasteiger partial charge on any atom is 0.255 e. The topological polar surface area (TPSA) is 79.2 Å². The molecule has 3 N–H and O–H groups in total. The van der Waals surface area contributed by atoms with E-state index in [2.05, 4.69) is 15.7 Å². The van der Waals surface area contributed by atoms with Gasteiger partial charge in [0.05, 0.1) is 17.4 Å². The zero-order valence-electron chi connectivity index (χ0n) is 11.4. The Bertz CT molecular complexity index is 412. The number of aliphatic hydroxyl groups excluding tert-OH is 1. The first-order valence-corrected chi connectivity index (χ1v) is 6.10. The number of rotatable bonds is 6. The van der Waals surface area contributed by atoms with Gasteiger partial charge in [0, 0.05) is 32.4 Å². The molecule has 0 saturated carbocycles. The zero-order valence-corrected chi connectivity index (χ0v) is 11.4. The van der Waals surface area contributed by atoms with Crippen LogP contribution in [0, 0.1) is 13.8 Å². The lowest BCUT2D eigenvalue weighted by Gasteiger charge is -2.08. The molecule has 0 saturated heterocycles. The molecule has 1 rings (SSSR count). The molecule has 6 nitrogen and oxygen atoms in total. The second kappa shape index (κ2) is 6.51. The summed E-state index contributed by atoms with van der Waals surface area (Å²) in [4.78, 5) is 12.0. The third kappa shape index (κ3) is 3.82. The SMILES string of the molecule is Cc1nn(C)c(C)c1C(=O)NCCNCC(C)O. The van der Waals surface area contributed by atoms with Gasteiger partial charge in [0.1, 0.15) is 0 Å². The molecule has 1 atom stereocenters. The van der Waals surface area contributed by atoms with Crippen LogP contribution in [0.5, 0.6) is 0 Å². The standard InChI is InChI=1S/C12H22N4O2/c1-8(17)7-13-5-6-14-12(18)11-9(2)15-16(4)10(11)3/h8,13,17H,5-7H2,1-4H3,(H,14,18). The molecule has 1 aromatic rings. The van der Waals surface area contributed by atoms with Gasteiger partial charge < -0.3 is 15.7 Å². The molecule has 1 heterocycles. The summed E-state index contributed by atoms with van der Waals surface area (Å²) in [6, 6.07) is 0. The summed E-state index contributed by atoms with van der Waals surface area (Å²) in [6.07, 6.45) is -0.372. The van der Waals surface area contributed by atoms with Crippen molar-refractivity contribution in [3.05, 3.63) is 17.0 Å². The summed E-state index contributed by atoms with van der Waals surface area (Å²) in [6.45, 7) is 7.11. The highest BCUT2D eigenvalue weighted by atomic mass is 16.3. The minimum absolute atomic E-state index is 0.100. The number of nitrogens with one attached hydrogen (secondary N) is 2. The average molecular weight is 254 g/mol. The highest BCUT2D eigenvalue weighted by Gasteiger charge is 2.16. The fourth-order valence-corrected chi connectivity index (χ4v) is 1.77. The van der Waals surface area contributed by atoms with Crippen molar-refractivity contribution in [1.29, 1.82) is 0 Å². The van der Waals surface area contributed by atoms with Gasteiger partial charge in [-0.1, -0.05) is 0 Å². The second-order valence-corrected chi connectivity index (χ2v) is 4.48. The van der Waals surface area contributed by atoms with Crippen LogP contribution in [-0.4, -0.2) is 46.5 Å². The number of hydrogen-bond acceptors (Lipinski definition) is 4. The molecule has 0 aliphatic carbocycles. The largest absolute Gasteiger partial charge is 0.392 e. The second-order valence-electron chi connectivity index (χ2n) is 4.48. The summed E-state index contributed by atoms with van der Waals surface area (Å²) in [5.74, 6) is -0.100. The van der Waals surface area contributed by atoms with Gasteiger partial charge in [0.25, 0.3) is 5.91 Å². The molecule has 102 valence electrons. The van der Waals surface area contributed by atoms with Crippen LogP contribution in [-0.2, 0) is 7.05 Å². The molecule has 0 spiro atoms. The normalized spacial score (nSPS) is 12.5. The fourth-order valence-electron chi connectivity index (χ4n) is 1.77. The summed E-state index contributed by atoms with van der Waals surface area (Å²) in [5, 5.41) is 19.1. The molecule has 1 aromatic heterocycles. The summed E-state index contributed by atoms with van der Waals surface area (Å²) >= 11 is 0. The molecule has 0 radical (unpaired) electrons. The lowest BCUT2D eigenvalue weighted by molar-refractivity contribution is 0.0952. The van der Waals surface area contributed by atoms with Gasteiger partial charge in [-0.2, -0.15) is 5.10 Å². The Morgan fingerprint density at radius 3 is 2.61 bits per heavy atom. The minimum atomic E-state index is -0.372. The van der Waals surface area contributed by atoms with Crippen molar-refractivity contribution in [3.8, 4) is 0 Å². The van der Waals surface area contributed by atoms with E-state index in [1.54, 1.807) is 11.6 Å². The Balaban J connectivity index is 2.41. The van der Waals surface area contributed by atoms with Gasteiger partial charge in [-0.05, 0) is 20.8 Å². The van der Waals surface area contributed by atoms with E-state index in [0.29, 0.717) is 25.2 Å². The Labute approximate surface area is 107 Å². The summed E-state index contributed by atoms with van der Waals surface area (Å²) in [7, 11) is 1.82. The zero-order chi connectivity index (χ0) is 13.7. The number of aliphatic hydroxyl groups is 1. The van der Waals surface area contributed by atoms with Crippen LogP contribution < -0.4 is 10.6 Å². The quantitative estimate of drug-likeness (QED) is 0.611. The third-order valence-electron chi connectivity index (χ3n) is 2.76. The number of carbonyl (C=O) groups is 1. The van der Waals surface area contributed by atoms with E-state index in [-0.39, 0.29) is 12.0 Å². The molecular formula is C12H22N4O2. The van der Waals surface area contributed by atoms with Gasteiger partial charge in [0.2, 0.25) is 0 Å². The number of aryl methyl sites for hydroxylation is 2. The maximum atomic E-state index is 12.0. The average Bonchev–Trinajstić information content (AvgIpc) is 2.52. The van der Waals surface area contributed by atoms with Crippen molar-refractivity contribution < 1.29 is 9.90 Å². The van der Waals surface area contributed by atoms with Crippen LogP contribution in [0.4, 0.5) is 0 Å². The monoisotopic (exact) mass is 254 g/mol. The van der Waals surface area contributed by atoms with Crippen LogP contribution >= 0.6 is 0 Å². The van der Waals surface area contributed by atoms with Gasteiger partial charge in [-0.25, -0.2) is 0 Å². The first-order chi connectivity index (χ1) is 8.43. The van der Waals surface area contributed by atoms with Gasteiger partial charge in [-0.15, -0.1) is 0 Å². The van der Waals surface area contributed by atoms with E-state index < -0.39 is 0 Å². The van der Waals surface area contributed by atoms with E-state index >= 15 is 0 Å². The molecule has 1 amide bonds. The Hall–Kier alpha value is -1.40. The Morgan fingerprint density at radius 1 is 1.44 bits per heavy atom. The number of carbonyl (C=O) groups excluding carboxylic acids is 1. The van der Waals surface area contributed by atoms with Crippen molar-refractivity contribution in [1.82, 2.24) is 20.4 Å². The van der Waals surface area contributed by atoms with Crippen molar-refractivity contribution in [2.75, 3.05) is 19.6 Å². The van der Waals surface area contributed by atoms with Crippen molar-refractivity contribution in [3.63, 3.8) is 0 Å². The first-order valence-electron chi connectivity index (χ1n) is 6.10. The molecular weight excluding hydrogens is 232 g/mol. The third-order valence-corrected chi connectivity index (χ3v) is 2.76. The van der Waals surface area contributed by atoms with E-state index in [9.17, 15) is 4.79 Å². The van der Waals surface area contributed by atoms with Crippen LogP contribution in [0.2, 0.25) is 0 Å². The van der Waals surface area contributed by atoms with Gasteiger partial charge in [-0.3, -0.25) is 9.48 Å². The molecule has 18 heavy (non-hydrogen) atoms. The minimum Gasteiger partial charge on any atom is -0.392 e. The number of nitrogens with zero attached hydrogens (tertiary/aromatic N) is 2. The lowest BCUT2D eigenvalue weighted by Crippen LogP contribution is -2.34. The number of aromatic nitrogens is 2. The highest BCUT2D eigenvalue weighted by Crippen LogP contribution is 2.10. The molecule has 0 aliphatic rings. The smallest absolute Gasteiger partial charge is 0.255 e. The van der Waals surface area contributed by atoms with E-state index in [4.69, 9.17) is 5.11 Å². The molecule has 0 fully saturated rings. The molecule has 1 unspecified atom stereocenters. The van der Waals surface area contributed by atoms with Crippen molar-refractivity contribution in [2.45, 2.75) is 26.9 Å². The summed E-state index contributed by atoms with van der Waals surface area (Å²) < 4.78 is 1.70. The van der Waals surface area contributed by atoms with E-state index in [1.165, 1.54) is 0 Å². The summed E-state index contributed by atoms with van der Waals surface area (Å²) in [5.41, 5.74) is 2.25. The predicted octanol–water partition coefficient (Wildman–Crippen LogP) is -0.263. The number of hydrogen-bond donors (Lipinski definition) is 3. The van der Waals surface area contributed by atoms with E-state index in [0.717, 1.165) is 11.4 Å². The van der Waals surface area contributed by atoms with Gasteiger partial charge >= 0.3 is 0 Å². The highest BCUT2D eigenvalue weighted by molar-refractivity contribution is 5.96. The number of amides is 1. The van der Waals surface area contributed by atoms with Crippen molar-refractivity contribution >= 4 is 5.91 Å². The van der Waals surface area contributed by atoms with Crippen molar-refractivity contribution in [2.24, 2.45) is 7.05 Å². The van der Waals surface area contributed by atoms with Crippen LogP contribution in [0.25, 0.3) is 0 Å². The van der Waals surface area contributed by atoms with E-state index in [1.807, 2.05) is 20.9 Å². The maximum absolute atomic E-state index is 12.0. The van der Waals surface area contributed by atoms with Crippen LogP contribution in [0.15, 0.2) is 0 Å². The predicted molar refractivity (Wildman–Crippen MR) is 69.6 cm³/mol. The lowest BCUT2D eigenvalue weighted by atomic mass is 10.2. The van der Waals surface area contributed by atoms with Crippen LogP contribution in [0.3, 0.4) is 0 Å². The van der Waals surface area contributed by atoms with Crippen LogP contribution in [0.1, 0.15) is 28.7 Å². The molecule has 0 aliphatic heterocycles. The Kier molecular flexibility index (Phi) is 5.30. The Morgan fingerprint density at radius 2 is 2.11 bits per heavy atom. The first kappa shape index (κ1) is 14.7. The molecule has 0 aromatic carbocycles. The molecule has 6 heteroatoms. The van der Waals surface area contributed by atoms with Gasteiger partial charge in [0.15, 0.2) is 0 Å². The fraction of sp³-hybridized carbons (Fsp3) is 0.667. The molecule has 0 bridgehead atoms.